The van der Waals surface area contributed by atoms with Gasteiger partial charge in [-0.25, -0.2) is 4.98 Å². The quantitative estimate of drug-likeness (QED) is 0.397. The molecule has 0 aliphatic rings. The number of nitriles is 2. The van der Waals surface area contributed by atoms with E-state index in [0.29, 0.717) is 45.7 Å². The fourth-order valence-electron chi connectivity index (χ4n) is 3.66. The van der Waals surface area contributed by atoms with Crippen molar-refractivity contribution in [3.8, 4) is 52.0 Å². The summed E-state index contributed by atoms with van der Waals surface area (Å²) in [4.78, 5) is 19.0. The van der Waals surface area contributed by atoms with Crippen LogP contribution in [0.1, 0.15) is 22.6 Å². The molecule has 0 aliphatic heterocycles. The van der Waals surface area contributed by atoms with E-state index in [-0.39, 0.29) is 29.1 Å². The molecule has 0 fully saturated rings. The lowest BCUT2D eigenvalue weighted by molar-refractivity contribution is 0.299. The van der Waals surface area contributed by atoms with Gasteiger partial charge >= 0.3 is 0 Å². The third-order valence-electron chi connectivity index (χ3n) is 5.52. The lowest BCUT2D eigenvalue weighted by Crippen LogP contribution is -2.16. The van der Waals surface area contributed by atoms with Crippen LogP contribution in [0.25, 0.3) is 22.6 Å². The molecule has 2 heterocycles. The highest BCUT2D eigenvalue weighted by Gasteiger charge is 2.19. The van der Waals surface area contributed by atoms with E-state index in [1.807, 2.05) is 12.1 Å². The lowest BCUT2D eigenvalue weighted by atomic mass is 9.96. The average Bonchev–Trinajstić information content (AvgIpc) is 3.27. The van der Waals surface area contributed by atoms with Crippen LogP contribution in [0, 0.1) is 29.6 Å². The SMILES string of the molecule is COc1ccc(OC)c(-c2nc(COc3ccc(-c4c(C#N)c(N)[nH]c(=O)c4C#N)cc3)c(C)o2)c1. The molecule has 0 saturated heterocycles. The maximum Gasteiger partial charge on any atom is 0.268 e. The van der Waals surface area contributed by atoms with E-state index < -0.39 is 5.56 Å². The molecule has 4 aromatic rings. The van der Waals surface area contributed by atoms with Gasteiger partial charge in [0.25, 0.3) is 5.56 Å². The summed E-state index contributed by atoms with van der Waals surface area (Å²) >= 11 is 0. The van der Waals surface area contributed by atoms with E-state index in [9.17, 15) is 15.3 Å². The number of oxazole rings is 1. The molecule has 3 N–H and O–H groups in total. The van der Waals surface area contributed by atoms with Crippen molar-refractivity contribution < 1.29 is 18.6 Å². The van der Waals surface area contributed by atoms with Gasteiger partial charge in [-0.2, -0.15) is 10.5 Å². The molecule has 0 amide bonds. The predicted octanol–water partition coefficient (Wildman–Crippen LogP) is 3.93. The second kappa shape index (κ2) is 9.95. The first kappa shape index (κ1) is 23.9. The Kier molecular flexibility index (Phi) is 6.61. The zero-order valence-electron chi connectivity index (χ0n) is 19.7. The summed E-state index contributed by atoms with van der Waals surface area (Å²) in [6.07, 6.45) is 0. The van der Waals surface area contributed by atoms with E-state index in [1.165, 1.54) is 0 Å². The van der Waals surface area contributed by atoms with Crippen molar-refractivity contribution in [3.05, 3.63) is 75.4 Å². The molecule has 0 bridgehead atoms. The minimum absolute atomic E-state index is 0.0264. The maximum atomic E-state index is 12.1. The molecule has 10 nitrogen and oxygen atoms in total. The highest BCUT2D eigenvalue weighted by molar-refractivity contribution is 5.80. The maximum absolute atomic E-state index is 12.1. The largest absolute Gasteiger partial charge is 0.497 e. The number of anilines is 1. The Morgan fingerprint density at radius 3 is 2.36 bits per heavy atom. The molecule has 0 radical (unpaired) electrons. The van der Waals surface area contributed by atoms with Crippen molar-refractivity contribution in [2.75, 3.05) is 20.0 Å². The Hall–Kier alpha value is -5.22. The zero-order chi connectivity index (χ0) is 25.8. The van der Waals surface area contributed by atoms with E-state index >= 15 is 0 Å². The minimum Gasteiger partial charge on any atom is -0.497 e. The first-order chi connectivity index (χ1) is 17.4. The number of methoxy groups -OCH3 is 2. The van der Waals surface area contributed by atoms with Crippen LogP contribution in [0.15, 0.2) is 51.7 Å². The van der Waals surface area contributed by atoms with Crippen LogP contribution in [-0.4, -0.2) is 24.2 Å². The van der Waals surface area contributed by atoms with Gasteiger partial charge in [0.2, 0.25) is 5.89 Å². The van der Waals surface area contributed by atoms with Gasteiger partial charge < -0.3 is 29.3 Å². The van der Waals surface area contributed by atoms with Gasteiger partial charge in [-0.3, -0.25) is 4.79 Å². The van der Waals surface area contributed by atoms with E-state index in [1.54, 1.807) is 63.6 Å². The summed E-state index contributed by atoms with van der Waals surface area (Å²) in [6, 6.07) is 15.7. The fraction of sp³-hybridized carbons (Fsp3) is 0.154. The molecule has 10 heteroatoms. The van der Waals surface area contributed by atoms with Gasteiger partial charge in [0.15, 0.2) is 0 Å². The molecular weight excluding hydrogens is 462 g/mol. The topological polar surface area (TPSA) is 160 Å². The summed E-state index contributed by atoms with van der Waals surface area (Å²) in [5.41, 5.74) is 6.87. The fourth-order valence-corrected chi connectivity index (χ4v) is 3.66. The summed E-state index contributed by atoms with van der Waals surface area (Å²) in [6.45, 7) is 1.92. The van der Waals surface area contributed by atoms with Crippen LogP contribution in [0.2, 0.25) is 0 Å². The number of pyridine rings is 1. The Balaban J connectivity index is 1.58. The van der Waals surface area contributed by atoms with Crippen LogP contribution in [0.4, 0.5) is 5.82 Å². The van der Waals surface area contributed by atoms with Gasteiger partial charge in [-0.05, 0) is 42.8 Å². The molecule has 0 spiro atoms. The molecule has 0 aliphatic carbocycles. The molecule has 36 heavy (non-hydrogen) atoms. The summed E-state index contributed by atoms with van der Waals surface area (Å²) < 4.78 is 22.4. The van der Waals surface area contributed by atoms with Crippen LogP contribution < -0.4 is 25.5 Å². The summed E-state index contributed by atoms with van der Waals surface area (Å²) in [5.74, 6) is 2.60. The third-order valence-corrected chi connectivity index (χ3v) is 5.52. The van der Waals surface area contributed by atoms with Gasteiger partial charge in [0, 0.05) is 5.56 Å². The van der Waals surface area contributed by atoms with Gasteiger partial charge in [-0.15, -0.1) is 0 Å². The number of hydrogen-bond acceptors (Lipinski definition) is 9. The number of nitrogens with two attached hydrogens (primary N) is 1. The van der Waals surface area contributed by atoms with Crippen molar-refractivity contribution in [3.63, 3.8) is 0 Å². The summed E-state index contributed by atoms with van der Waals surface area (Å²) in [7, 11) is 3.14. The van der Waals surface area contributed by atoms with Gasteiger partial charge in [0.05, 0.1) is 19.8 Å². The Bertz CT molecular complexity index is 1570. The predicted molar refractivity (Wildman–Crippen MR) is 130 cm³/mol. The number of nitrogens with zero attached hydrogens (tertiary/aromatic N) is 3. The number of aromatic amines is 1. The molecule has 2 aromatic heterocycles. The summed E-state index contributed by atoms with van der Waals surface area (Å²) in [5, 5.41) is 18.9. The molecular formula is C26H21N5O5. The van der Waals surface area contributed by atoms with Crippen molar-refractivity contribution >= 4 is 5.82 Å². The van der Waals surface area contributed by atoms with Gasteiger partial charge in [0.1, 0.15) is 64.4 Å². The van der Waals surface area contributed by atoms with E-state index in [4.69, 9.17) is 24.4 Å². The molecule has 2 aromatic carbocycles. The molecule has 4 rings (SSSR count). The average molecular weight is 483 g/mol. The number of nitrogens with one attached hydrogen (secondary N) is 1. The number of aromatic nitrogens is 2. The monoisotopic (exact) mass is 483 g/mol. The standard InChI is InChI=1S/C26H21N5O5/c1-14-21(30-26(36-14)18-10-17(33-2)8-9-22(18)34-3)13-35-16-6-4-15(5-7-16)23-19(11-27)24(29)31-25(32)20(23)12-28/h4-10H,13H2,1-3H3,(H3,29,31,32). The van der Waals surface area contributed by atoms with Gasteiger partial charge in [-0.1, -0.05) is 12.1 Å². The first-order valence-corrected chi connectivity index (χ1v) is 10.7. The number of ether oxygens (including phenoxy) is 3. The molecule has 0 saturated carbocycles. The first-order valence-electron chi connectivity index (χ1n) is 10.7. The highest BCUT2D eigenvalue weighted by Crippen LogP contribution is 2.34. The Labute approximate surface area is 206 Å². The Morgan fingerprint density at radius 2 is 1.72 bits per heavy atom. The van der Waals surface area contributed by atoms with Crippen LogP contribution in [-0.2, 0) is 6.61 Å². The number of nitrogen functional groups attached to an aromatic ring is 1. The lowest BCUT2D eigenvalue weighted by Gasteiger charge is -2.10. The second-order valence-electron chi connectivity index (χ2n) is 7.62. The molecule has 0 unspecified atom stereocenters. The van der Waals surface area contributed by atoms with Crippen LogP contribution in [0.3, 0.4) is 0 Å². The normalized spacial score (nSPS) is 10.4. The second-order valence-corrected chi connectivity index (χ2v) is 7.62. The van der Waals surface area contributed by atoms with Crippen LogP contribution in [0.5, 0.6) is 17.2 Å². The number of benzene rings is 2. The highest BCUT2D eigenvalue weighted by atomic mass is 16.5. The Morgan fingerprint density at radius 1 is 1.03 bits per heavy atom. The number of H-pyrrole nitrogens is 1. The van der Waals surface area contributed by atoms with Crippen LogP contribution >= 0.6 is 0 Å². The van der Waals surface area contributed by atoms with Crippen molar-refractivity contribution in [1.82, 2.24) is 9.97 Å². The third kappa shape index (κ3) is 4.43. The van der Waals surface area contributed by atoms with Crippen molar-refractivity contribution in [2.45, 2.75) is 13.5 Å². The number of hydrogen-bond donors (Lipinski definition) is 2. The molecule has 0 atom stereocenters. The zero-order valence-corrected chi connectivity index (χ0v) is 19.7. The van der Waals surface area contributed by atoms with Crippen molar-refractivity contribution in [2.24, 2.45) is 0 Å². The van der Waals surface area contributed by atoms with E-state index in [0.717, 1.165) is 0 Å². The van der Waals surface area contributed by atoms with E-state index in [2.05, 4.69) is 9.97 Å². The smallest absolute Gasteiger partial charge is 0.268 e. The molecule has 180 valence electrons. The number of aryl methyl sites for hydroxylation is 1. The minimum atomic E-state index is -0.658. The van der Waals surface area contributed by atoms with Crippen molar-refractivity contribution in [1.29, 1.82) is 10.5 Å². The number of rotatable bonds is 7.